The normalized spacial score (nSPS) is 14.6. The topological polar surface area (TPSA) is 32.3 Å². The molecule has 126 valence electrons. The molecule has 0 bridgehead atoms. The first-order valence-electron chi connectivity index (χ1n) is 8.81. The molecule has 0 saturated carbocycles. The third-order valence-electron chi connectivity index (χ3n) is 4.83. The van der Waals surface area contributed by atoms with Gasteiger partial charge in [0.25, 0.3) is 0 Å². The summed E-state index contributed by atoms with van der Waals surface area (Å²) >= 11 is 0. The van der Waals surface area contributed by atoms with Gasteiger partial charge in [-0.25, -0.2) is 0 Å². The molecule has 1 N–H and O–H groups in total. The quantitative estimate of drug-likeness (QED) is 0.906. The highest BCUT2D eigenvalue weighted by Crippen LogP contribution is 2.24. The van der Waals surface area contributed by atoms with Crippen molar-refractivity contribution in [1.29, 1.82) is 0 Å². The lowest BCUT2D eigenvalue weighted by Crippen LogP contribution is -2.36. The van der Waals surface area contributed by atoms with Gasteiger partial charge in [0.15, 0.2) is 0 Å². The molecular weight excluding hydrogens is 296 g/mol. The van der Waals surface area contributed by atoms with Crippen molar-refractivity contribution in [3.8, 4) is 0 Å². The first kappa shape index (κ1) is 16.6. The molecule has 3 heteroatoms. The first-order chi connectivity index (χ1) is 11.6. The summed E-state index contributed by atoms with van der Waals surface area (Å²) in [5.74, 6) is 0.0478. The van der Waals surface area contributed by atoms with Crippen LogP contribution in [0.2, 0.25) is 0 Å². The van der Waals surface area contributed by atoms with E-state index in [4.69, 9.17) is 0 Å². The van der Waals surface area contributed by atoms with Crippen molar-refractivity contribution in [2.75, 3.05) is 18.5 Å². The van der Waals surface area contributed by atoms with E-state index in [0.717, 1.165) is 5.69 Å². The lowest BCUT2D eigenvalue weighted by atomic mass is 9.89. The molecule has 0 heterocycles. The number of rotatable bonds is 5. The molecule has 0 spiro atoms. The summed E-state index contributed by atoms with van der Waals surface area (Å²) in [5, 5.41) is 3.12. The third-order valence-corrected chi connectivity index (χ3v) is 4.83. The highest BCUT2D eigenvalue weighted by Gasteiger charge is 2.15. The maximum absolute atomic E-state index is 12.3. The summed E-state index contributed by atoms with van der Waals surface area (Å²) in [4.78, 5) is 14.3. The van der Waals surface area contributed by atoms with Gasteiger partial charge in [-0.3, -0.25) is 4.79 Å². The van der Waals surface area contributed by atoms with E-state index >= 15 is 0 Å². The van der Waals surface area contributed by atoms with Crippen molar-refractivity contribution >= 4 is 11.6 Å². The Hall–Kier alpha value is -2.29. The second-order valence-corrected chi connectivity index (χ2v) is 6.72. The minimum atomic E-state index is 0.0360. The zero-order valence-electron chi connectivity index (χ0n) is 14.6. The Morgan fingerprint density at radius 2 is 1.79 bits per heavy atom. The molecule has 2 aromatic rings. The molecule has 3 nitrogen and oxygen atoms in total. The molecule has 0 radical (unpaired) electrons. The van der Waals surface area contributed by atoms with E-state index in [2.05, 4.69) is 30.4 Å². The number of nitrogens with zero attached hydrogens (tertiary/aromatic N) is 1. The van der Waals surface area contributed by atoms with Crippen LogP contribution >= 0.6 is 0 Å². The highest BCUT2D eigenvalue weighted by atomic mass is 16.2. The molecule has 3 rings (SSSR count). The number of fused-ring (bicyclic) bond motifs is 1. The number of carbonyl (C=O) groups excluding carboxylic acids is 1. The average Bonchev–Trinajstić information content (AvgIpc) is 2.61. The van der Waals surface area contributed by atoms with Crippen LogP contribution in [-0.2, 0) is 17.6 Å². The molecule has 0 fully saturated rings. The Bertz CT molecular complexity index is 696. The van der Waals surface area contributed by atoms with Crippen molar-refractivity contribution in [2.24, 2.45) is 0 Å². The van der Waals surface area contributed by atoms with Crippen LogP contribution in [0.1, 0.15) is 42.5 Å². The van der Waals surface area contributed by atoms with E-state index in [1.165, 1.54) is 42.4 Å². The largest absolute Gasteiger partial charge is 0.365 e. The van der Waals surface area contributed by atoms with Crippen LogP contribution < -0.4 is 10.2 Å². The molecule has 0 saturated heterocycles. The molecule has 0 aromatic heterocycles. The minimum absolute atomic E-state index is 0.0360. The number of aryl methyl sites for hydroxylation is 2. The molecule has 1 aliphatic carbocycles. The first-order valence-corrected chi connectivity index (χ1v) is 8.81. The Labute approximate surface area is 144 Å². The van der Waals surface area contributed by atoms with Crippen molar-refractivity contribution in [3.05, 3.63) is 65.2 Å². The van der Waals surface area contributed by atoms with Crippen LogP contribution in [0.15, 0.2) is 48.5 Å². The lowest BCUT2D eigenvalue weighted by molar-refractivity contribution is -0.120. The van der Waals surface area contributed by atoms with E-state index in [0.29, 0.717) is 6.54 Å². The van der Waals surface area contributed by atoms with Gasteiger partial charge in [-0.15, -0.1) is 0 Å². The average molecular weight is 322 g/mol. The Balaban J connectivity index is 1.60. The minimum Gasteiger partial charge on any atom is -0.365 e. The fourth-order valence-corrected chi connectivity index (χ4v) is 3.38. The summed E-state index contributed by atoms with van der Waals surface area (Å²) in [5.41, 5.74) is 5.19. The highest BCUT2D eigenvalue weighted by molar-refractivity contribution is 5.81. The summed E-state index contributed by atoms with van der Waals surface area (Å²) in [6.07, 6.45) is 4.93. The van der Waals surface area contributed by atoms with Crippen molar-refractivity contribution in [1.82, 2.24) is 5.32 Å². The number of nitrogens with one attached hydrogen (secondary N) is 1. The van der Waals surface area contributed by atoms with E-state index in [1.54, 1.807) is 0 Å². The van der Waals surface area contributed by atoms with Crippen LogP contribution in [0, 0.1) is 0 Å². The fourth-order valence-electron chi connectivity index (χ4n) is 3.38. The summed E-state index contributed by atoms with van der Waals surface area (Å²) in [6, 6.07) is 16.7. The second-order valence-electron chi connectivity index (χ2n) is 6.72. The van der Waals surface area contributed by atoms with E-state index < -0.39 is 0 Å². The van der Waals surface area contributed by atoms with Gasteiger partial charge in [0.05, 0.1) is 12.6 Å². The van der Waals surface area contributed by atoms with Crippen LogP contribution in [0.3, 0.4) is 0 Å². The zero-order valence-corrected chi connectivity index (χ0v) is 14.6. The van der Waals surface area contributed by atoms with Crippen molar-refractivity contribution in [2.45, 2.75) is 38.6 Å². The van der Waals surface area contributed by atoms with E-state index in [9.17, 15) is 4.79 Å². The van der Waals surface area contributed by atoms with Crippen LogP contribution in [0.25, 0.3) is 0 Å². The SMILES string of the molecule is C[C@H](NC(=O)CN(C)c1ccccc1)c1ccc2c(c1)CCCC2. The van der Waals surface area contributed by atoms with E-state index in [1.807, 2.05) is 42.3 Å². The van der Waals surface area contributed by atoms with Crippen molar-refractivity contribution in [3.63, 3.8) is 0 Å². The smallest absolute Gasteiger partial charge is 0.239 e. The van der Waals surface area contributed by atoms with Gasteiger partial charge in [0.1, 0.15) is 0 Å². The number of carbonyl (C=O) groups is 1. The zero-order chi connectivity index (χ0) is 16.9. The molecular formula is C21H26N2O. The second kappa shape index (κ2) is 7.52. The number of amides is 1. The number of benzene rings is 2. The summed E-state index contributed by atoms with van der Waals surface area (Å²) in [6.45, 7) is 2.42. The van der Waals surface area contributed by atoms with Gasteiger partial charge in [-0.2, -0.15) is 0 Å². The van der Waals surface area contributed by atoms with Crippen LogP contribution in [0.4, 0.5) is 5.69 Å². The maximum atomic E-state index is 12.3. The van der Waals surface area contributed by atoms with Gasteiger partial charge in [0, 0.05) is 12.7 Å². The monoisotopic (exact) mass is 322 g/mol. The van der Waals surface area contributed by atoms with Crippen molar-refractivity contribution < 1.29 is 4.79 Å². The predicted molar refractivity (Wildman–Crippen MR) is 99.4 cm³/mol. The maximum Gasteiger partial charge on any atom is 0.239 e. The Morgan fingerprint density at radius 1 is 1.08 bits per heavy atom. The lowest BCUT2D eigenvalue weighted by Gasteiger charge is -2.22. The van der Waals surface area contributed by atoms with Gasteiger partial charge in [0.2, 0.25) is 5.91 Å². The molecule has 0 unspecified atom stereocenters. The molecule has 24 heavy (non-hydrogen) atoms. The number of likely N-dealkylation sites (N-methyl/N-ethyl adjacent to an activating group) is 1. The summed E-state index contributed by atoms with van der Waals surface area (Å²) in [7, 11) is 1.94. The number of hydrogen-bond acceptors (Lipinski definition) is 2. The molecule has 1 amide bonds. The standard InChI is InChI=1S/C21H26N2O/c1-16(18-13-12-17-8-6-7-9-19(17)14-18)22-21(24)15-23(2)20-10-4-3-5-11-20/h3-5,10-14,16H,6-9,15H2,1-2H3,(H,22,24)/t16-/m0/s1. The van der Waals surface area contributed by atoms with E-state index in [-0.39, 0.29) is 11.9 Å². The van der Waals surface area contributed by atoms with Crippen LogP contribution in [0.5, 0.6) is 0 Å². The Kier molecular flexibility index (Phi) is 5.19. The number of hydrogen-bond donors (Lipinski definition) is 1. The van der Waals surface area contributed by atoms with Gasteiger partial charge in [-0.05, 0) is 61.4 Å². The predicted octanol–water partition coefficient (Wildman–Crippen LogP) is 3.88. The van der Waals surface area contributed by atoms with Crippen LogP contribution in [-0.4, -0.2) is 19.5 Å². The molecule has 2 aromatic carbocycles. The molecule has 0 aliphatic heterocycles. The summed E-state index contributed by atoms with van der Waals surface area (Å²) < 4.78 is 0. The van der Waals surface area contributed by atoms with Gasteiger partial charge >= 0.3 is 0 Å². The third kappa shape index (κ3) is 3.97. The number of para-hydroxylation sites is 1. The molecule has 1 atom stereocenters. The fraction of sp³-hybridized carbons (Fsp3) is 0.381. The van der Waals surface area contributed by atoms with Gasteiger partial charge < -0.3 is 10.2 Å². The molecule has 1 aliphatic rings. The number of anilines is 1. The Morgan fingerprint density at radius 3 is 2.54 bits per heavy atom. The van der Waals surface area contributed by atoms with Gasteiger partial charge in [-0.1, -0.05) is 36.4 Å².